The molecule has 6 heteroatoms. The van der Waals surface area contributed by atoms with Gasteiger partial charge in [0, 0.05) is 6.92 Å². The number of amidine groups is 1. The van der Waals surface area contributed by atoms with E-state index in [4.69, 9.17) is 16.5 Å². The Balaban J connectivity index is 4.72. The van der Waals surface area contributed by atoms with E-state index in [1.165, 1.54) is 0 Å². The summed E-state index contributed by atoms with van der Waals surface area (Å²) < 4.78 is 0. The van der Waals surface area contributed by atoms with Gasteiger partial charge in [0.1, 0.15) is 0 Å². The van der Waals surface area contributed by atoms with Crippen molar-refractivity contribution in [2.45, 2.75) is 6.92 Å². The largest absolute Gasteiger partial charge is 0.402 e. The molecule has 0 aliphatic heterocycles. The van der Waals surface area contributed by atoms with E-state index < -0.39 is 17.3 Å². The molecule has 52 valence electrons. The molecular weight excluding hydrogens is 134 g/mol. The number of carbonyl (C=O) groups is 1. The lowest BCUT2D eigenvalue weighted by Gasteiger charge is -1.81. The molecule has 0 bridgehead atoms. The summed E-state index contributed by atoms with van der Waals surface area (Å²) in [6.07, 6.45) is 0. The Bertz CT molecular complexity index is 236. The van der Waals surface area contributed by atoms with Crippen LogP contribution in [-0.2, 0) is 4.79 Å². The summed E-state index contributed by atoms with van der Waals surface area (Å²) in [7, 11) is 0. The minimum absolute atomic E-state index is 0.505. The normalized spacial score (nSPS) is 7.70. The molecule has 0 aromatic carbocycles. The van der Waals surface area contributed by atoms with Gasteiger partial charge in [0.15, 0.2) is 0 Å². The maximum Gasteiger partial charge on any atom is 0.402 e. The Morgan fingerprint density at radius 3 is 2.30 bits per heavy atom. The van der Waals surface area contributed by atoms with E-state index in [2.05, 4.69) is 9.90 Å². The summed E-state index contributed by atoms with van der Waals surface area (Å²) in [4.78, 5) is 12.9. The second-order valence-corrected chi connectivity index (χ2v) is 1.47. The molecule has 0 amide bonds. The lowest BCUT2D eigenvalue weighted by molar-refractivity contribution is -0.114. The van der Waals surface area contributed by atoms with Crippen LogP contribution in [0.25, 0.3) is 5.53 Å². The minimum atomic E-state index is -0.644. The molecule has 0 radical (unpaired) electrons. The third-order valence-electron chi connectivity index (χ3n) is 0.770. The highest BCUT2D eigenvalue weighted by Gasteiger charge is 2.20. The van der Waals surface area contributed by atoms with Crippen LogP contribution in [0.5, 0.6) is 0 Å². The molecule has 0 rings (SSSR count). The SMILES string of the molecule is CC(=O)C(=[N+]=[N-])C(=N)N=N. The van der Waals surface area contributed by atoms with E-state index in [9.17, 15) is 4.79 Å². The van der Waals surface area contributed by atoms with Crippen LogP contribution in [0.3, 0.4) is 0 Å². The van der Waals surface area contributed by atoms with E-state index in [1.807, 2.05) is 0 Å². The van der Waals surface area contributed by atoms with Crippen molar-refractivity contribution in [3.8, 4) is 0 Å². The number of hydrogen-bond donors (Lipinski definition) is 2. The molecule has 2 N–H and O–H groups in total. The molecule has 0 aromatic heterocycles. The van der Waals surface area contributed by atoms with Gasteiger partial charge in [-0.1, -0.05) is 0 Å². The van der Waals surface area contributed by atoms with Crippen LogP contribution in [0.2, 0.25) is 0 Å². The molecule has 0 fully saturated rings. The van der Waals surface area contributed by atoms with Crippen LogP contribution < -0.4 is 0 Å². The Morgan fingerprint density at radius 2 is 2.20 bits per heavy atom. The molecule has 0 saturated carbocycles. The number of ketones is 1. The average molecular weight is 139 g/mol. The van der Waals surface area contributed by atoms with Gasteiger partial charge in [-0.15, -0.1) is 5.11 Å². The monoisotopic (exact) mass is 139 g/mol. The Kier molecular flexibility index (Phi) is 2.80. The van der Waals surface area contributed by atoms with E-state index in [0.29, 0.717) is 0 Å². The highest BCUT2D eigenvalue weighted by atomic mass is 16.1. The zero-order valence-electron chi connectivity index (χ0n) is 5.25. The predicted molar refractivity (Wildman–Crippen MR) is 32.2 cm³/mol. The van der Waals surface area contributed by atoms with Crippen molar-refractivity contribution in [3.63, 3.8) is 0 Å². The Labute approximate surface area is 56.5 Å². The summed E-state index contributed by atoms with van der Waals surface area (Å²) in [6.45, 7) is 1.12. The van der Waals surface area contributed by atoms with Crippen LogP contribution in [-0.4, -0.2) is 22.1 Å². The summed E-state index contributed by atoms with van der Waals surface area (Å²) >= 11 is 0. The molecular formula is C4H5N5O. The van der Waals surface area contributed by atoms with Gasteiger partial charge in [0.2, 0.25) is 5.78 Å². The van der Waals surface area contributed by atoms with Gasteiger partial charge in [-0.25, -0.2) is 5.53 Å². The first-order valence-electron chi connectivity index (χ1n) is 2.32. The Hall–Kier alpha value is -1.68. The number of rotatable bonds is 2. The molecule has 0 unspecified atom stereocenters. The number of Topliss-reactive ketones (excluding diaryl/α,β-unsaturated/α-hetero) is 1. The predicted octanol–water partition coefficient (Wildman–Crippen LogP) is 0.254. The minimum Gasteiger partial charge on any atom is -0.360 e. The molecule has 0 aliphatic carbocycles. The van der Waals surface area contributed by atoms with Crippen molar-refractivity contribution < 1.29 is 9.58 Å². The van der Waals surface area contributed by atoms with Gasteiger partial charge in [-0.2, -0.15) is 4.79 Å². The third kappa shape index (κ3) is 1.68. The van der Waals surface area contributed by atoms with Crippen molar-refractivity contribution in [3.05, 3.63) is 5.53 Å². The van der Waals surface area contributed by atoms with Crippen LogP contribution in [0.4, 0.5) is 0 Å². The highest BCUT2D eigenvalue weighted by molar-refractivity contribution is 6.63. The molecule has 0 spiro atoms. The van der Waals surface area contributed by atoms with Crippen molar-refractivity contribution in [1.82, 2.24) is 0 Å². The van der Waals surface area contributed by atoms with Crippen molar-refractivity contribution in [2.75, 3.05) is 0 Å². The summed E-state index contributed by atoms with van der Waals surface area (Å²) in [5.41, 5.74) is 13.9. The van der Waals surface area contributed by atoms with Gasteiger partial charge in [0.25, 0.3) is 5.84 Å². The molecule has 0 heterocycles. The zero-order chi connectivity index (χ0) is 8.15. The third-order valence-corrected chi connectivity index (χ3v) is 0.770. The fourth-order valence-electron chi connectivity index (χ4n) is 0.337. The number of carbonyl (C=O) groups excluding carboxylic acids is 1. The quantitative estimate of drug-likeness (QED) is 0.243. The van der Waals surface area contributed by atoms with Gasteiger partial charge in [-0.3, -0.25) is 10.2 Å². The summed E-state index contributed by atoms with van der Waals surface area (Å²) in [6, 6.07) is 0. The topological polar surface area (TPSA) is 114 Å². The molecule has 10 heavy (non-hydrogen) atoms. The standard InChI is InChI=1S/C4H5N5O/c1-2(10)3(8-6)4(5)9-7/h5,7H,1H3. The first-order chi connectivity index (χ1) is 4.63. The van der Waals surface area contributed by atoms with Gasteiger partial charge < -0.3 is 5.53 Å². The first-order valence-corrected chi connectivity index (χ1v) is 2.32. The van der Waals surface area contributed by atoms with Gasteiger partial charge in [-0.05, 0) is 0 Å². The summed E-state index contributed by atoms with van der Waals surface area (Å²) in [5.74, 6) is -1.24. The van der Waals surface area contributed by atoms with E-state index in [1.54, 1.807) is 0 Å². The second kappa shape index (κ2) is 3.37. The molecule has 0 aromatic rings. The number of nitrogens with one attached hydrogen (secondary N) is 2. The van der Waals surface area contributed by atoms with Crippen LogP contribution >= 0.6 is 0 Å². The smallest absolute Gasteiger partial charge is 0.360 e. The molecule has 0 saturated heterocycles. The molecule has 6 nitrogen and oxygen atoms in total. The lowest BCUT2D eigenvalue weighted by Crippen LogP contribution is -2.19. The van der Waals surface area contributed by atoms with Crippen LogP contribution in [0.15, 0.2) is 5.11 Å². The summed E-state index contributed by atoms with van der Waals surface area (Å²) in [5, 5.41) is 9.36. The Morgan fingerprint density at radius 1 is 1.70 bits per heavy atom. The second-order valence-electron chi connectivity index (χ2n) is 1.47. The van der Waals surface area contributed by atoms with Crippen LogP contribution in [0, 0.1) is 10.9 Å². The maximum atomic E-state index is 10.4. The van der Waals surface area contributed by atoms with Crippen molar-refractivity contribution >= 4 is 17.3 Å². The van der Waals surface area contributed by atoms with Crippen molar-refractivity contribution in [1.29, 1.82) is 10.9 Å². The van der Waals surface area contributed by atoms with E-state index >= 15 is 0 Å². The fraction of sp³-hybridized carbons (Fsp3) is 0.250. The molecule has 0 atom stereocenters. The van der Waals surface area contributed by atoms with E-state index in [0.717, 1.165) is 6.92 Å². The van der Waals surface area contributed by atoms with Gasteiger partial charge >= 0.3 is 5.71 Å². The maximum absolute atomic E-state index is 10.4. The molecule has 0 aliphatic rings. The first kappa shape index (κ1) is 8.32. The average Bonchev–Trinajstić information content (AvgIpc) is 1.88. The van der Waals surface area contributed by atoms with Crippen LogP contribution in [0.1, 0.15) is 6.92 Å². The zero-order valence-corrected chi connectivity index (χ0v) is 5.25. The number of hydrogen-bond acceptors (Lipinski definition) is 3. The fourth-order valence-corrected chi connectivity index (χ4v) is 0.337. The lowest BCUT2D eigenvalue weighted by atomic mass is 10.2. The van der Waals surface area contributed by atoms with E-state index in [-0.39, 0.29) is 0 Å². The van der Waals surface area contributed by atoms with Gasteiger partial charge in [0.05, 0.1) is 0 Å². The highest BCUT2D eigenvalue weighted by Crippen LogP contribution is 1.80. The number of nitrogens with zero attached hydrogens (tertiary/aromatic N) is 3. The van der Waals surface area contributed by atoms with Crippen molar-refractivity contribution in [2.24, 2.45) is 5.11 Å².